The van der Waals surface area contributed by atoms with E-state index in [0.29, 0.717) is 23.7 Å². The van der Waals surface area contributed by atoms with Crippen LogP contribution in [0.25, 0.3) is 0 Å². The number of hydrogen-bond acceptors (Lipinski definition) is 3. The van der Waals surface area contributed by atoms with Gasteiger partial charge in [-0.05, 0) is 48.7 Å². The number of methoxy groups -OCH3 is 1. The molecule has 2 amide bonds. The third kappa shape index (κ3) is 4.76. The van der Waals surface area contributed by atoms with Crippen molar-refractivity contribution in [3.8, 4) is 5.75 Å². The molecule has 2 aromatic rings. The molecule has 0 aliphatic heterocycles. The second-order valence-corrected chi connectivity index (χ2v) is 6.77. The fourth-order valence-corrected chi connectivity index (χ4v) is 3.02. The fraction of sp³-hybridized carbons (Fsp3) is 0.300. The standard InChI is InChI=1S/C20H21ClN2O3/c1-26-16-7-5-13(6-8-16)9-10-22-19(24)17-12-18(17)20(25)23-15-4-2-3-14(21)11-15/h2-8,11,17-18H,9-10,12H2,1H3,(H,22,24)(H,23,25). The van der Waals surface area contributed by atoms with Gasteiger partial charge in [-0.15, -0.1) is 0 Å². The van der Waals surface area contributed by atoms with Gasteiger partial charge in [0.15, 0.2) is 0 Å². The largest absolute Gasteiger partial charge is 0.497 e. The molecule has 2 aromatic carbocycles. The molecule has 136 valence electrons. The smallest absolute Gasteiger partial charge is 0.228 e. The fourth-order valence-electron chi connectivity index (χ4n) is 2.83. The Hall–Kier alpha value is -2.53. The van der Waals surface area contributed by atoms with E-state index in [1.165, 1.54) is 0 Å². The molecule has 1 fully saturated rings. The van der Waals surface area contributed by atoms with Crippen LogP contribution in [0.1, 0.15) is 12.0 Å². The summed E-state index contributed by atoms with van der Waals surface area (Å²) in [7, 11) is 1.63. The van der Waals surface area contributed by atoms with Gasteiger partial charge in [-0.1, -0.05) is 29.8 Å². The molecule has 1 aliphatic carbocycles. The number of ether oxygens (including phenoxy) is 1. The zero-order valence-corrected chi connectivity index (χ0v) is 15.3. The van der Waals surface area contributed by atoms with Gasteiger partial charge in [-0.25, -0.2) is 0 Å². The summed E-state index contributed by atoms with van der Waals surface area (Å²) in [6, 6.07) is 14.7. The average Bonchev–Trinajstić information content (AvgIpc) is 3.43. The first-order valence-electron chi connectivity index (χ1n) is 8.54. The third-order valence-corrected chi connectivity index (χ3v) is 4.66. The summed E-state index contributed by atoms with van der Waals surface area (Å²) in [6.07, 6.45) is 1.32. The first-order chi connectivity index (χ1) is 12.6. The summed E-state index contributed by atoms with van der Waals surface area (Å²) >= 11 is 5.90. The molecule has 6 heteroatoms. The van der Waals surface area contributed by atoms with Crippen LogP contribution in [0.5, 0.6) is 5.75 Å². The summed E-state index contributed by atoms with van der Waals surface area (Å²) in [6.45, 7) is 0.546. The maximum absolute atomic E-state index is 12.2. The van der Waals surface area contributed by atoms with E-state index in [9.17, 15) is 9.59 Å². The van der Waals surface area contributed by atoms with E-state index >= 15 is 0 Å². The van der Waals surface area contributed by atoms with Crippen molar-refractivity contribution in [3.05, 3.63) is 59.1 Å². The Morgan fingerprint density at radius 1 is 1.12 bits per heavy atom. The van der Waals surface area contributed by atoms with Gasteiger partial charge < -0.3 is 15.4 Å². The van der Waals surface area contributed by atoms with Gasteiger partial charge in [-0.2, -0.15) is 0 Å². The topological polar surface area (TPSA) is 67.4 Å². The number of halogens is 1. The zero-order valence-electron chi connectivity index (χ0n) is 14.5. The average molecular weight is 373 g/mol. The molecule has 0 aromatic heterocycles. The van der Waals surface area contributed by atoms with Crippen molar-refractivity contribution in [1.82, 2.24) is 5.32 Å². The lowest BCUT2D eigenvalue weighted by atomic mass is 10.1. The van der Waals surface area contributed by atoms with E-state index in [0.717, 1.165) is 17.7 Å². The maximum Gasteiger partial charge on any atom is 0.228 e. The van der Waals surface area contributed by atoms with E-state index in [2.05, 4.69) is 10.6 Å². The number of hydrogen-bond donors (Lipinski definition) is 2. The van der Waals surface area contributed by atoms with Crippen molar-refractivity contribution in [1.29, 1.82) is 0 Å². The van der Waals surface area contributed by atoms with Crippen LogP contribution in [-0.2, 0) is 16.0 Å². The molecule has 2 atom stereocenters. The first kappa shape index (κ1) is 18.3. The molecule has 1 saturated carbocycles. The van der Waals surface area contributed by atoms with Crippen molar-refractivity contribution < 1.29 is 14.3 Å². The van der Waals surface area contributed by atoms with E-state index in [-0.39, 0.29) is 23.7 Å². The lowest BCUT2D eigenvalue weighted by Crippen LogP contribution is -2.29. The highest BCUT2D eigenvalue weighted by atomic mass is 35.5. The lowest BCUT2D eigenvalue weighted by molar-refractivity contribution is -0.125. The number of benzene rings is 2. The number of carbonyl (C=O) groups excluding carboxylic acids is 2. The lowest BCUT2D eigenvalue weighted by Gasteiger charge is -2.07. The minimum absolute atomic E-state index is 0.0650. The van der Waals surface area contributed by atoms with Crippen LogP contribution in [0.2, 0.25) is 5.02 Å². The van der Waals surface area contributed by atoms with E-state index in [4.69, 9.17) is 16.3 Å². The molecule has 26 heavy (non-hydrogen) atoms. The van der Waals surface area contributed by atoms with Gasteiger partial charge in [0.05, 0.1) is 18.9 Å². The number of anilines is 1. The van der Waals surface area contributed by atoms with Crippen LogP contribution in [0.15, 0.2) is 48.5 Å². The number of nitrogens with one attached hydrogen (secondary N) is 2. The van der Waals surface area contributed by atoms with Crippen LogP contribution in [0, 0.1) is 11.8 Å². The van der Waals surface area contributed by atoms with Crippen molar-refractivity contribution in [3.63, 3.8) is 0 Å². The summed E-state index contributed by atoms with van der Waals surface area (Å²) < 4.78 is 5.12. The molecule has 0 radical (unpaired) electrons. The summed E-state index contributed by atoms with van der Waals surface area (Å²) in [5.74, 6) is 0.0941. The predicted molar refractivity (Wildman–Crippen MR) is 101 cm³/mol. The first-order valence-corrected chi connectivity index (χ1v) is 8.91. The number of rotatable bonds is 7. The highest BCUT2D eigenvalue weighted by Crippen LogP contribution is 2.39. The van der Waals surface area contributed by atoms with Crippen molar-refractivity contribution in [2.75, 3.05) is 19.0 Å². The summed E-state index contributed by atoms with van der Waals surface area (Å²) in [5, 5.41) is 6.28. The quantitative estimate of drug-likeness (QED) is 0.783. The molecule has 0 heterocycles. The Morgan fingerprint density at radius 3 is 2.54 bits per heavy atom. The van der Waals surface area contributed by atoms with Crippen LogP contribution in [-0.4, -0.2) is 25.5 Å². The maximum atomic E-state index is 12.2. The molecule has 3 rings (SSSR count). The highest BCUT2D eigenvalue weighted by molar-refractivity contribution is 6.30. The molecule has 2 unspecified atom stereocenters. The van der Waals surface area contributed by atoms with Crippen molar-refractivity contribution in [2.45, 2.75) is 12.8 Å². The van der Waals surface area contributed by atoms with Crippen molar-refractivity contribution in [2.24, 2.45) is 11.8 Å². The van der Waals surface area contributed by atoms with E-state index in [1.54, 1.807) is 31.4 Å². The van der Waals surface area contributed by atoms with E-state index in [1.807, 2.05) is 24.3 Å². The van der Waals surface area contributed by atoms with Crippen molar-refractivity contribution >= 4 is 29.1 Å². The molecule has 5 nitrogen and oxygen atoms in total. The molecule has 0 saturated heterocycles. The Kier molecular flexibility index (Phi) is 5.78. The number of amides is 2. The highest BCUT2D eigenvalue weighted by Gasteiger charge is 2.47. The van der Waals surface area contributed by atoms with E-state index < -0.39 is 0 Å². The summed E-state index contributed by atoms with van der Waals surface area (Å²) in [4.78, 5) is 24.4. The molecular weight excluding hydrogens is 352 g/mol. The number of carbonyl (C=O) groups is 2. The Balaban J connectivity index is 1.41. The van der Waals surface area contributed by atoms with Crippen LogP contribution in [0.4, 0.5) is 5.69 Å². The molecule has 2 N–H and O–H groups in total. The molecule has 0 bridgehead atoms. The van der Waals surface area contributed by atoms with Gasteiger partial charge in [0.2, 0.25) is 11.8 Å². The van der Waals surface area contributed by atoms with Crippen LogP contribution < -0.4 is 15.4 Å². The van der Waals surface area contributed by atoms with Crippen LogP contribution >= 0.6 is 11.6 Å². The minimum atomic E-state index is -0.269. The van der Waals surface area contributed by atoms with Gasteiger partial charge in [0.25, 0.3) is 0 Å². The Bertz CT molecular complexity index is 792. The predicted octanol–water partition coefficient (Wildman–Crippen LogP) is 3.28. The monoisotopic (exact) mass is 372 g/mol. The SMILES string of the molecule is COc1ccc(CCNC(=O)C2CC2C(=O)Nc2cccc(Cl)c2)cc1. The summed E-state index contributed by atoms with van der Waals surface area (Å²) in [5.41, 5.74) is 1.77. The second kappa shape index (κ2) is 8.23. The molecule has 1 aliphatic rings. The molecule has 0 spiro atoms. The van der Waals surface area contributed by atoms with Gasteiger partial charge in [0.1, 0.15) is 5.75 Å². The Morgan fingerprint density at radius 2 is 1.85 bits per heavy atom. The second-order valence-electron chi connectivity index (χ2n) is 6.34. The normalized spacial score (nSPS) is 18.1. The Labute approximate surface area is 157 Å². The third-order valence-electron chi connectivity index (χ3n) is 4.43. The van der Waals surface area contributed by atoms with Gasteiger partial charge in [0, 0.05) is 17.3 Å². The van der Waals surface area contributed by atoms with Gasteiger partial charge in [-0.3, -0.25) is 9.59 Å². The van der Waals surface area contributed by atoms with Crippen LogP contribution in [0.3, 0.4) is 0 Å². The molecular formula is C20H21ClN2O3. The minimum Gasteiger partial charge on any atom is -0.497 e. The zero-order chi connectivity index (χ0) is 18.5. The van der Waals surface area contributed by atoms with Gasteiger partial charge >= 0.3 is 0 Å².